The molecule has 2 saturated heterocycles. The Hall–Kier alpha value is -1.24. The van der Waals surface area contributed by atoms with Gasteiger partial charge >= 0.3 is 5.97 Å². The van der Waals surface area contributed by atoms with Gasteiger partial charge in [0.1, 0.15) is 0 Å². The van der Waals surface area contributed by atoms with Gasteiger partial charge in [0.2, 0.25) is 5.91 Å². The zero-order chi connectivity index (χ0) is 14.0. The molecule has 0 spiro atoms. The number of carboxylic acid groups (broad SMARTS) is 1. The van der Waals surface area contributed by atoms with Crippen LogP contribution in [0.15, 0.2) is 0 Å². The van der Waals surface area contributed by atoms with Gasteiger partial charge in [-0.25, -0.2) is 0 Å². The smallest absolute Gasteiger partial charge is 0.308 e. The third kappa shape index (κ3) is 3.20. The number of carbonyl (C=O) groups is 3. The highest BCUT2D eigenvalue weighted by molar-refractivity contribution is 8.13. The SMILES string of the molecule is C[C@@H]1CN(C(=O)CCN2CCSC2=O)C[C@H]1C(=O)O. The largest absolute Gasteiger partial charge is 0.481 e. The highest BCUT2D eigenvalue weighted by Gasteiger charge is 2.36. The molecular weight excluding hydrogens is 268 g/mol. The molecule has 1 N–H and O–H groups in total. The Morgan fingerprint density at radius 2 is 2.16 bits per heavy atom. The predicted octanol–water partition coefficient (Wildman–Crippen LogP) is 0.724. The van der Waals surface area contributed by atoms with Gasteiger partial charge in [-0.2, -0.15) is 0 Å². The lowest BCUT2D eigenvalue weighted by molar-refractivity contribution is -0.142. The van der Waals surface area contributed by atoms with E-state index in [0.717, 1.165) is 5.75 Å². The summed E-state index contributed by atoms with van der Waals surface area (Å²) in [5, 5.41) is 9.06. The van der Waals surface area contributed by atoms with Crippen molar-refractivity contribution < 1.29 is 19.5 Å². The Morgan fingerprint density at radius 1 is 1.42 bits per heavy atom. The number of nitrogens with zero attached hydrogens (tertiary/aromatic N) is 2. The van der Waals surface area contributed by atoms with Crippen molar-refractivity contribution in [2.45, 2.75) is 13.3 Å². The van der Waals surface area contributed by atoms with Gasteiger partial charge in [-0.3, -0.25) is 14.4 Å². The van der Waals surface area contributed by atoms with Crippen LogP contribution in [-0.4, -0.2) is 64.0 Å². The molecule has 2 rings (SSSR count). The van der Waals surface area contributed by atoms with Crippen LogP contribution in [0.4, 0.5) is 4.79 Å². The van der Waals surface area contributed by atoms with E-state index in [2.05, 4.69) is 0 Å². The first kappa shape index (κ1) is 14.2. The van der Waals surface area contributed by atoms with Crippen LogP contribution in [0.25, 0.3) is 0 Å². The minimum Gasteiger partial charge on any atom is -0.481 e. The first-order valence-corrected chi connectivity index (χ1v) is 7.40. The predicted molar refractivity (Wildman–Crippen MR) is 70.9 cm³/mol. The lowest BCUT2D eigenvalue weighted by atomic mass is 9.99. The van der Waals surface area contributed by atoms with E-state index in [0.29, 0.717) is 19.6 Å². The molecule has 0 aliphatic carbocycles. The topological polar surface area (TPSA) is 77.9 Å². The molecule has 0 bridgehead atoms. The van der Waals surface area contributed by atoms with E-state index < -0.39 is 11.9 Å². The van der Waals surface area contributed by atoms with Crippen molar-refractivity contribution in [3.8, 4) is 0 Å². The molecule has 2 atom stereocenters. The summed E-state index contributed by atoms with van der Waals surface area (Å²) in [4.78, 5) is 37.7. The lowest BCUT2D eigenvalue weighted by Gasteiger charge is -2.19. The van der Waals surface area contributed by atoms with Crippen LogP contribution < -0.4 is 0 Å². The summed E-state index contributed by atoms with van der Waals surface area (Å²) in [6, 6.07) is 0. The Balaban J connectivity index is 1.81. The Bertz CT molecular complexity index is 401. The van der Waals surface area contributed by atoms with E-state index in [1.165, 1.54) is 11.8 Å². The van der Waals surface area contributed by atoms with Crippen LogP contribution in [0.5, 0.6) is 0 Å². The summed E-state index contributed by atoms with van der Waals surface area (Å²) in [6.07, 6.45) is 0.283. The summed E-state index contributed by atoms with van der Waals surface area (Å²) in [6.45, 7) is 3.78. The molecule has 0 radical (unpaired) electrons. The average Bonchev–Trinajstić information content (AvgIpc) is 2.92. The van der Waals surface area contributed by atoms with Crippen LogP contribution in [-0.2, 0) is 9.59 Å². The normalized spacial score (nSPS) is 27.1. The Kier molecular flexibility index (Phi) is 4.34. The maximum absolute atomic E-state index is 12.0. The molecule has 0 saturated carbocycles. The maximum Gasteiger partial charge on any atom is 0.308 e. The second kappa shape index (κ2) is 5.81. The molecule has 2 fully saturated rings. The van der Waals surface area contributed by atoms with Crippen molar-refractivity contribution in [3.05, 3.63) is 0 Å². The number of carbonyl (C=O) groups excluding carboxylic acids is 2. The molecule has 2 amide bonds. The molecule has 0 aromatic carbocycles. The van der Waals surface area contributed by atoms with Crippen LogP contribution >= 0.6 is 11.8 Å². The van der Waals surface area contributed by atoms with Gasteiger partial charge in [0.25, 0.3) is 5.24 Å². The molecule has 0 aromatic rings. The Labute approximate surface area is 116 Å². The number of aliphatic carboxylic acids is 1. The molecule has 6 nitrogen and oxygen atoms in total. The number of rotatable bonds is 4. The minimum atomic E-state index is -0.839. The molecule has 0 unspecified atom stereocenters. The lowest BCUT2D eigenvalue weighted by Crippen LogP contribution is -2.34. The number of hydrogen-bond acceptors (Lipinski definition) is 4. The maximum atomic E-state index is 12.0. The first-order valence-electron chi connectivity index (χ1n) is 6.41. The summed E-state index contributed by atoms with van der Waals surface area (Å²) in [7, 11) is 0. The summed E-state index contributed by atoms with van der Waals surface area (Å²) < 4.78 is 0. The molecule has 2 aliphatic rings. The van der Waals surface area contributed by atoms with Crippen molar-refractivity contribution in [2.75, 3.05) is 31.9 Å². The molecule has 2 aliphatic heterocycles. The number of thioether (sulfide) groups is 1. The number of likely N-dealkylation sites (tertiary alicyclic amines) is 1. The summed E-state index contributed by atoms with van der Waals surface area (Å²) in [5.41, 5.74) is 0. The molecule has 2 heterocycles. The van der Waals surface area contributed by atoms with Crippen molar-refractivity contribution in [2.24, 2.45) is 11.8 Å². The molecular formula is C12H18N2O4S. The van der Waals surface area contributed by atoms with E-state index in [-0.39, 0.29) is 30.0 Å². The van der Waals surface area contributed by atoms with Crippen molar-refractivity contribution in [1.29, 1.82) is 0 Å². The van der Waals surface area contributed by atoms with Gasteiger partial charge in [-0.15, -0.1) is 0 Å². The quantitative estimate of drug-likeness (QED) is 0.824. The molecule has 106 valence electrons. The molecule has 19 heavy (non-hydrogen) atoms. The van der Waals surface area contributed by atoms with Gasteiger partial charge in [0.15, 0.2) is 0 Å². The zero-order valence-corrected chi connectivity index (χ0v) is 11.7. The van der Waals surface area contributed by atoms with Crippen LogP contribution in [0, 0.1) is 11.8 Å². The minimum absolute atomic E-state index is 0.00887. The highest BCUT2D eigenvalue weighted by Crippen LogP contribution is 2.24. The summed E-state index contributed by atoms with van der Waals surface area (Å²) in [5.74, 6) is -0.581. The van der Waals surface area contributed by atoms with Crippen molar-refractivity contribution in [3.63, 3.8) is 0 Å². The van der Waals surface area contributed by atoms with E-state index in [4.69, 9.17) is 5.11 Å². The second-order valence-corrected chi connectivity index (χ2v) is 6.12. The monoisotopic (exact) mass is 286 g/mol. The fourth-order valence-electron chi connectivity index (χ4n) is 2.51. The van der Waals surface area contributed by atoms with Gasteiger partial charge in [-0.05, 0) is 5.92 Å². The zero-order valence-electron chi connectivity index (χ0n) is 10.9. The highest BCUT2D eigenvalue weighted by atomic mass is 32.2. The first-order chi connectivity index (χ1) is 8.99. The number of hydrogen-bond donors (Lipinski definition) is 1. The van der Waals surface area contributed by atoms with E-state index in [1.807, 2.05) is 6.92 Å². The standard InChI is InChI=1S/C12H18N2O4S/c1-8-6-14(7-9(8)11(16)17)10(15)2-3-13-4-5-19-12(13)18/h8-9H,2-7H2,1H3,(H,16,17)/t8-,9-/m1/s1. The Morgan fingerprint density at radius 3 is 2.68 bits per heavy atom. The van der Waals surface area contributed by atoms with Crippen LogP contribution in [0.2, 0.25) is 0 Å². The molecule has 7 heteroatoms. The van der Waals surface area contributed by atoms with Gasteiger partial charge in [0.05, 0.1) is 5.92 Å². The van der Waals surface area contributed by atoms with Crippen molar-refractivity contribution in [1.82, 2.24) is 9.80 Å². The van der Waals surface area contributed by atoms with Gasteiger partial charge in [0, 0.05) is 38.4 Å². The van der Waals surface area contributed by atoms with E-state index in [1.54, 1.807) is 9.80 Å². The fraction of sp³-hybridized carbons (Fsp3) is 0.750. The molecule has 0 aromatic heterocycles. The average molecular weight is 286 g/mol. The number of amides is 2. The summed E-state index contributed by atoms with van der Waals surface area (Å²) >= 11 is 1.28. The van der Waals surface area contributed by atoms with Crippen molar-refractivity contribution >= 4 is 28.9 Å². The fourth-order valence-corrected chi connectivity index (χ4v) is 3.36. The van der Waals surface area contributed by atoms with Gasteiger partial charge in [-0.1, -0.05) is 18.7 Å². The van der Waals surface area contributed by atoms with Crippen LogP contribution in [0.1, 0.15) is 13.3 Å². The van der Waals surface area contributed by atoms with Crippen LogP contribution in [0.3, 0.4) is 0 Å². The van der Waals surface area contributed by atoms with Gasteiger partial charge < -0.3 is 14.9 Å². The third-order valence-corrected chi connectivity index (χ3v) is 4.61. The van der Waals surface area contributed by atoms with E-state index in [9.17, 15) is 14.4 Å². The third-order valence-electron chi connectivity index (χ3n) is 3.72. The second-order valence-electron chi connectivity index (χ2n) is 5.07. The van der Waals surface area contributed by atoms with E-state index >= 15 is 0 Å². The number of carboxylic acids is 1.